The predicted molar refractivity (Wildman–Crippen MR) is 133 cm³/mol. The summed E-state index contributed by atoms with van der Waals surface area (Å²) in [5.41, 5.74) is 0. The Kier molecular flexibility index (Phi) is 22.7. The highest BCUT2D eigenvalue weighted by Gasteiger charge is 2.12. The first-order valence-electron chi connectivity index (χ1n) is 13.8. The normalized spacial score (nSPS) is 12.4. The van der Waals surface area contributed by atoms with E-state index in [4.69, 9.17) is 4.74 Å². The lowest BCUT2D eigenvalue weighted by molar-refractivity contribution is -0.145. The summed E-state index contributed by atoms with van der Waals surface area (Å²) in [5.74, 6) is 1.45. The molecule has 0 heterocycles. The van der Waals surface area contributed by atoms with E-state index in [1.54, 1.807) is 0 Å². The molecule has 0 rings (SSSR count). The minimum absolute atomic E-state index is 0.0383. The molecule has 0 aromatic heterocycles. The van der Waals surface area contributed by atoms with E-state index in [0.717, 1.165) is 12.3 Å². The molecular weight excluding hydrogens is 368 g/mol. The smallest absolute Gasteiger partial charge is 0.305 e. The minimum atomic E-state index is 0.0383. The second kappa shape index (κ2) is 23.1. The monoisotopic (exact) mass is 424 g/mol. The molecule has 2 heteroatoms. The molecule has 0 spiro atoms. The largest absolute Gasteiger partial charge is 0.465 e. The molecule has 0 fully saturated rings. The number of carbonyl (C=O) groups is 1. The lowest BCUT2D eigenvalue weighted by Gasteiger charge is -2.17. The summed E-state index contributed by atoms with van der Waals surface area (Å²) < 4.78 is 5.69. The maximum absolute atomic E-state index is 12.2. The van der Waals surface area contributed by atoms with Gasteiger partial charge in [-0.05, 0) is 31.1 Å². The Labute approximate surface area is 190 Å². The third-order valence-electron chi connectivity index (χ3n) is 6.32. The van der Waals surface area contributed by atoms with Crippen LogP contribution in [0.1, 0.15) is 156 Å². The molecule has 1 atom stereocenters. The van der Waals surface area contributed by atoms with Crippen LogP contribution in [0.3, 0.4) is 0 Å². The van der Waals surface area contributed by atoms with E-state index in [1.807, 2.05) is 0 Å². The number of rotatable bonds is 23. The number of hydrogen-bond donors (Lipinski definition) is 0. The van der Waals surface area contributed by atoms with Crippen molar-refractivity contribution in [1.82, 2.24) is 0 Å². The van der Waals surface area contributed by atoms with E-state index in [0.29, 0.717) is 18.9 Å². The molecule has 0 aliphatic carbocycles. The van der Waals surface area contributed by atoms with Crippen molar-refractivity contribution in [3.05, 3.63) is 0 Å². The Morgan fingerprint density at radius 2 is 1.03 bits per heavy atom. The number of unbranched alkanes of at least 4 members (excludes halogenated alkanes) is 13. The highest BCUT2D eigenvalue weighted by atomic mass is 16.5. The van der Waals surface area contributed by atoms with Gasteiger partial charge in [0.1, 0.15) is 0 Å². The third-order valence-corrected chi connectivity index (χ3v) is 6.32. The van der Waals surface area contributed by atoms with Crippen molar-refractivity contribution in [3.8, 4) is 0 Å². The van der Waals surface area contributed by atoms with Crippen molar-refractivity contribution in [2.75, 3.05) is 6.61 Å². The van der Waals surface area contributed by atoms with Crippen LogP contribution in [-0.4, -0.2) is 12.6 Å². The van der Waals surface area contributed by atoms with Crippen molar-refractivity contribution in [1.29, 1.82) is 0 Å². The molecule has 1 unspecified atom stereocenters. The number of esters is 1. The first-order chi connectivity index (χ1) is 14.6. The van der Waals surface area contributed by atoms with Crippen LogP contribution in [0.25, 0.3) is 0 Å². The number of ether oxygens (including phenoxy) is 1. The first kappa shape index (κ1) is 29.5. The van der Waals surface area contributed by atoms with Crippen LogP contribution in [0.15, 0.2) is 0 Å². The van der Waals surface area contributed by atoms with E-state index in [-0.39, 0.29) is 5.97 Å². The van der Waals surface area contributed by atoms with E-state index in [2.05, 4.69) is 27.7 Å². The lowest BCUT2D eigenvalue weighted by atomic mass is 9.95. The van der Waals surface area contributed by atoms with Gasteiger partial charge in [-0.2, -0.15) is 0 Å². The summed E-state index contributed by atoms with van der Waals surface area (Å²) in [4.78, 5) is 12.2. The molecule has 30 heavy (non-hydrogen) atoms. The van der Waals surface area contributed by atoms with Crippen molar-refractivity contribution in [3.63, 3.8) is 0 Å². The Balaban J connectivity index is 3.85. The van der Waals surface area contributed by atoms with Gasteiger partial charge in [0.25, 0.3) is 0 Å². The van der Waals surface area contributed by atoms with Gasteiger partial charge in [-0.25, -0.2) is 0 Å². The fourth-order valence-corrected chi connectivity index (χ4v) is 4.20. The van der Waals surface area contributed by atoms with E-state index in [1.165, 1.54) is 116 Å². The maximum atomic E-state index is 12.2. The zero-order chi connectivity index (χ0) is 22.3. The SMILES string of the molecule is CCCCCCCCC(CCCCCC)COC(=O)CCCCCCCCC(C)C. The molecule has 180 valence electrons. The Hall–Kier alpha value is -0.530. The summed E-state index contributed by atoms with van der Waals surface area (Å²) in [5, 5.41) is 0. The minimum Gasteiger partial charge on any atom is -0.465 e. The van der Waals surface area contributed by atoms with Gasteiger partial charge in [0.15, 0.2) is 0 Å². The second-order valence-corrected chi connectivity index (χ2v) is 10.0. The molecular formula is C28H56O2. The van der Waals surface area contributed by atoms with Gasteiger partial charge in [0.2, 0.25) is 0 Å². The van der Waals surface area contributed by atoms with Crippen LogP contribution in [0.2, 0.25) is 0 Å². The summed E-state index contributed by atoms with van der Waals surface area (Å²) in [6.07, 6.45) is 25.2. The van der Waals surface area contributed by atoms with Crippen molar-refractivity contribution in [2.24, 2.45) is 11.8 Å². The zero-order valence-corrected chi connectivity index (χ0v) is 21.3. The van der Waals surface area contributed by atoms with Crippen LogP contribution in [0.5, 0.6) is 0 Å². The van der Waals surface area contributed by atoms with Gasteiger partial charge < -0.3 is 4.74 Å². The predicted octanol–water partition coefficient (Wildman–Crippen LogP) is 9.64. The Bertz CT molecular complexity index is 351. The fraction of sp³-hybridized carbons (Fsp3) is 0.964. The molecule has 2 nitrogen and oxygen atoms in total. The fourth-order valence-electron chi connectivity index (χ4n) is 4.20. The molecule has 0 aromatic rings. The number of hydrogen-bond acceptors (Lipinski definition) is 2. The van der Waals surface area contributed by atoms with Gasteiger partial charge >= 0.3 is 5.97 Å². The summed E-state index contributed by atoms with van der Waals surface area (Å²) in [7, 11) is 0. The van der Waals surface area contributed by atoms with Crippen LogP contribution < -0.4 is 0 Å². The molecule has 0 saturated carbocycles. The molecule has 0 aliphatic rings. The Morgan fingerprint density at radius 1 is 0.600 bits per heavy atom. The molecule has 0 bridgehead atoms. The highest BCUT2D eigenvalue weighted by Crippen LogP contribution is 2.20. The van der Waals surface area contributed by atoms with E-state index in [9.17, 15) is 4.79 Å². The van der Waals surface area contributed by atoms with Crippen LogP contribution in [0, 0.1) is 11.8 Å². The summed E-state index contributed by atoms with van der Waals surface area (Å²) in [6.45, 7) is 9.80. The van der Waals surface area contributed by atoms with Crippen LogP contribution >= 0.6 is 0 Å². The average molecular weight is 425 g/mol. The van der Waals surface area contributed by atoms with Crippen molar-refractivity contribution < 1.29 is 9.53 Å². The molecule has 0 aromatic carbocycles. The zero-order valence-electron chi connectivity index (χ0n) is 21.3. The summed E-state index contributed by atoms with van der Waals surface area (Å²) in [6, 6.07) is 0. The topological polar surface area (TPSA) is 26.3 Å². The number of carbonyl (C=O) groups excluding carboxylic acids is 1. The quantitative estimate of drug-likeness (QED) is 0.120. The summed E-state index contributed by atoms with van der Waals surface area (Å²) >= 11 is 0. The molecule has 0 N–H and O–H groups in total. The molecule has 0 aliphatic heterocycles. The molecule has 0 radical (unpaired) electrons. The van der Waals surface area contributed by atoms with Gasteiger partial charge in [-0.15, -0.1) is 0 Å². The van der Waals surface area contributed by atoms with E-state index < -0.39 is 0 Å². The van der Waals surface area contributed by atoms with Gasteiger partial charge in [-0.1, -0.05) is 130 Å². The Morgan fingerprint density at radius 3 is 1.57 bits per heavy atom. The van der Waals surface area contributed by atoms with Gasteiger partial charge in [0, 0.05) is 6.42 Å². The lowest BCUT2D eigenvalue weighted by Crippen LogP contribution is -2.14. The maximum Gasteiger partial charge on any atom is 0.305 e. The average Bonchev–Trinajstić information content (AvgIpc) is 2.72. The standard InChI is InChI=1S/C28H56O2/c1-5-7-9-11-15-19-23-27(22-18-10-8-6-2)25-30-28(29)24-20-16-13-12-14-17-21-26(3)4/h26-27H,5-25H2,1-4H3. The third kappa shape index (κ3) is 22.2. The van der Waals surface area contributed by atoms with Gasteiger partial charge in [-0.3, -0.25) is 4.79 Å². The van der Waals surface area contributed by atoms with Crippen LogP contribution in [0.4, 0.5) is 0 Å². The highest BCUT2D eigenvalue weighted by molar-refractivity contribution is 5.69. The van der Waals surface area contributed by atoms with Crippen molar-refractivity contribution in [2.45, 2.75) is 156 Å². The second-order valence-electron chi connectivity index (χ2n) is 10.0. The van der Waals surface area contributed by atoms with E-state index >= 15 is 0 Å². The molecule has 0 amide bonds. The first-order valence-corrected chi connectivity index (χ1v) is 13.8. The van der Waals surface area contributed by atoms with Crippen molar-refractivity contribution >= 4 is 5.97 Å². The molecule has 0 saturated heterocycles. The van der Waals surface area contributed by atoms with Crippen LogP contribution in [-0.2, 0) is 9.53 Å². The van der Waals surface area contributed by atoms with Gasteiger partial charge in [0.05, 0.1) is 6.61 Å².